The van der Waals surface area contributed by atoms with Crippen molar-refractivity contribution in [1.82, 2.24) is 9.62 Å². The fourth-order valence-corrected chi connectivity index (χ4v) is 2.33. The quantitative estimate of drug-likeness (QED) is 0.814. The Morgan fingerprint density at radius 1 is 1.33 bits per heavy atom. The van der Waals surface area contributed by atoms with Crippen LogP contribution in [0.15, 0.2) is 0 Å². The minimum atomic E-state index is -4.84. The van der Waals surface area contributed by atoms with E-state index in [0.29, 0.717) is 12.8 Å². The molecular weight excluding hydrogens is 273 g/mol. The van der Waals surface area contributed by atoms with Crippen molar-refractivity contribution in [2.45, 2.75) is 19.0 Å². The van der Waals surface area contributed by atoms with E-state index in [1.165, 1.54) is 0 Å². The molecule has 0 aliphatic carbocycles. The van der Waals surface area contributed by atoms with Crippen LogP contribution in [0.4, 0.5) is 13.2 Å². The Morgan fingerprint density at radius 2 is 1.83 bits per heavy atom. The third kappa shape index (κ3) is 4.81. The van der Waals surface area contributed by atoms with Gasteiger partial charge in [-0.15, -0.1) is 0 Å². The molecule has 0 bridgehead atoms. The first-order valence-corrected chi connectivity index (χ1v) is 7.29. The molecule has 0 aromatic carbocycles. The molecule has 5 nitrogen and oxygen atoms in total. The van der Waals surface area contributed by atoms with E-state index in [2.05, 4.69) is 4.72 Å². The van der Waals surface area contributed by atoms with Gasteiger partial charge in [0.15, 0.2) is 0 Å². The van der Waals surface area contributed by atoms with Crippen LogP contribution in [0.3, 0.4) is 0 Å². The van der Waals surface area contributed by atoms with Crippen molar-refractivity contribution in [3.05, 3.63) is 0 Å². The fraction of sp³-hybridized carbons (Fsp3) is 0.889. The van der Waals surface area contributed by atoms with Gasteiger partial charge in [-0.2, -0.15) is 13.2 Å². The van der Waals surface area contributed by atoms with Gasteiger partial charge in [-0.25, -0.2) is 13.1 Å². The van der Waals surface area contributed by atoms with E-state index >= 15 is 0 Å². The molecule has 1 amide bonds. The van der Waals surface area contributed by atoms with Crippen LogP contribution < -0.4 is 4.72 Å². The standard InChI is InChI=1S/C9H15F3N2O3S/c1-18(16,17)13-6-7-2-4-14(5-3-7)8(15)9(10,11)12/h7,13H,2-6H2,1H3. The van der Waals surface area contributed by atoms with Crippen LogP contribution in [0.5, 0.6) is 0 Å². The Labute approximate surface area is 103 Å². The molecule has 0 spiro atoms. The highest BCUT2D eigenvalue weighted by atomic mass is 32.2. The first kappa shape index (κ1) is 15.2. The summed E-state index contributed by atoms with van der Waals surface area (Å²) < 4.78 is 60.5. The molecule has 106 valence electrons. The minimum Gasteiger partial charge on any atom is -0.335 e. The van der Waals surface area contributed by atoms with Crippen molar-refractivity contribution in [3.8, 4) is 0 Å². The lowest BCUT2D eigenvalue weighted by atomic mass is 9.97. The van der Waals surface area contributed by atoms with E-state index in [1.807, 2.05) is 0 Å². The van der Waals surface area contributed by atoms with Gasteiger partial charge in [-0.05, 0) is 18.8 Å². The van der Waals surface area contributed by atoms with Crippen LogP contribution in [-0.4, -0.2) is 51.3 Å². The number of alkyl halides is 3. The van der Waals surface area contributed by atoms with Gasteiger partial charge in [0.25, 0.3) is 0 Å². The number of halogens is 3. The number of hydrogen-bond acceptors (Lipinski definition) is 3. The van der Waals surface area contributed by atoms with Crippen molar-refractivity contribution in [3.63, 3.8) is 0 Å². The average molecular weight is 288 g/mol. The molecule has 1 aliphatic heterocycles. The lowest BCUT2D eigenvalue weighted by Gasteiger charge is -2.32. The SMILES string of the molecule is CS(=O)(=O)NCC1CCN(C(=O)C(F)(F)F)CC1. The number of nitrogens with zero attached hydrogens (tertiary/aromatic N) is 1. The summed E-state index contributed by atoms with van der Waals surface area (Å²) in [5.74, 6) is -1.85. The molecule has 0 unspecified atom stereocenters. The van der Waals surface area contributed by atoms with Crippen LogP contribution in [0.1, 0.15) is 12.8 Å². The maximum absolute atomic E-state index is 12.2. The summed E-state index contributed by atoms with van der Waals surface area (Å²) in [5, 5.41) is 0. The number of carbonyl (C=O) groups is 1. The van der Waals surface area contributed by atoms with Gasteiger partial charge in [-0.1, -0.05) is 0 Å². The summed E-state index contributed by atoms with van der Waals surface area (Å²) in [6, 6.07) is 0. The molecule has 0 atom stereocenters. The monoisotopic (exact) mass is 288 g/mol. The Hall–Kier alpha value is -0.830. The fourth-order valence-electron chi connectivity index (χ4n) is 1.79. The predicted molar refractivity (Wildman–Crippen MR) is 58.2 cm³/mol. The van der Waals surface area contributed by atoms with Crippen LogP contribution >= 0.6 is 0 Å². The Balaban J connectivity index is 2.40. The summed E-state index contributed by atoms with van der Waals surface area (Å²) in [5.41, 5.74) is 0. The molecule has 1 aliphatic rings. The van der Waals surface area contributed by atoms with Crippen molar-refractivity contribution in [2.24, 2.45) is 5.92 Å². The zero-order valence-corrected chi connectivity index (χ0v) is 10.6. The Morgan fingerprint density at radius 3 is 2.22 bits per heavy atom. The van der Waals surface area contributed by atoms with E-state index in [0.717, 1.165) is 11.2 Å². The maximum atomic E-state index is 12.2. The smallest absolute Gasteiger partial charge is 0.335 e. The lowest BCUT2D eigenvalue weighted by molar-refractivity contribution is -0.186. The van der Waals surface area contributed by atoms with Gasteiger partial charge < -0.3 is 4.90 Å². The van der Waals surface area contributed by atoms with Crippen LogP contribution in [0.25, 0.3) is 0 Å². The number of sulfonamides is 1. The predicted octanol–water partition coefficient (Wildman–Crippen LogP) is 0.336. The van der Waals surface area contributed by atoms with Gasteiger partial charge in [-0.3, -0.25) is 4.79 Å². The summed E-state index contributed by atoms with van der Waals surface area (Å²) in [6.07, 6.45) is -3.08. The molecule has 1 fully saturated rings. The number of piperidine rings is 1. The molecule has 1 saturated heterocycles. The molecule has 1 heterocycles. The molecule has 1 N–H and O–H groups in total. The van der Waals surface area contributed by atoms with E-state index in [4.69, 9.17) is 0 Å². The number of rotatable bonds is 3. The van der Waals surface area contributed by atoms with Gasteiger partial charge in [0.2, 0.25) is 10.0 Å². The zero-order chi connectivity index (χ0) is 14.0. The van der Waals surface area contributed by atoms with Gasteiger partial charge in [0.05, 0.1) is 6.26 Å². The van der Waals surface area contributed by atoms with Gasteiger partial charge in [0, 0.05) is 19.6 Å². The van der Waals surface area contributed by atoms with E-state index in [9.17, 15) is 26.4 Å². The second-order valence-electron chi connectivity index (χ2n) is 4.35. The van der Waals surface area contributed by atoms with E-state index in [-0.39, 0.29) is 25.6 Å². The first-order valence-electron chi connectivity index (χ1n) is 5.40. The van der Waals surface area contributed by atoms with E-state index in [1.54, 1.807) is 0 Å². The zero-order valence-electron chi connectivity index (χ0n) is 9.83. The number of amides is 1. The molecular formula is C9H15F3N2O3S. The van der Waals surface area contributed by atoms with Crippen molar-refractivity contribution in [1.29, 1.82) is 0 Å². The maximum Gasteiger partial charge on any atom is 0.471 e. The van der Waals surface area contributed by atoms with Crippen molar-refractivity contribution in [2.75, 3.05) is 25.9 Å². The lowest BCUT2D eigenvalue weighted by Crippen LogP contribution is -2.46. The third-order valence-electron chi connectivity index (χ3n) is 2.78. The van der Waals surface area contributed by atoms with Crippen molar-refractivity contribution >= 4 is 15.9 Å². The molecule has 0 aromatic heterocycles. The third-order valence-corrected chi connectivity index (χ3v) is 3.47. The van der Waals surface area contributed by atoms with Crippen LogP contribution in [-0.2, 0) is 14.8 Å². The van der Waals surface area contributed by atoms with E-state index < -0.39 is 22.1 Å². The Kier molecular flexibility index (Phi) is 4.60. The number of likely N-dealkylation sites (tertiary alicyclic amines) is 1. The van der Waals surface area contributed by atoms with Crippen molar-refractivity contribution < 1.29 is 26.4 Å². The average Bonchev–Trinajstić information content (AvgIpc) is 2.24. The summed E-state index contributed by atoms with van der Waals surface area (Å²) in [7, 11) is -3.29. The summed E-state index contributed by atoms with van der Waals surface area (Å²) in [6.45, 7) is 0.218. The highest BCUT2D eigenvalue weighted by Gasteiger charge is 2.43. The molecule has 0 saturated carbocycles. The number of nitrogens with one attached hydrogen (secondary N) is 1. The van der Waals surface area contributed by atoms with Crippen LogP contribution in [0, 0.1) is 5.92 Å². The molecule has 9 heteroatoms. The minimum absolute atomic E-state index is 0.00838. The summed E-state index contributed by atoms with van der Waals surface area (Å²) in [4.78, 5) is 11.7. The van der Waals surface area contributed by atoms with Gasteiger partial charge >= 0.3 is 12.1 Å². The topological polar surface area (TPSA) is 66.5 Å². The first-order chi connectivity index (χ1) is 8.09. The number of hydrogen-bond donors (Lipinski definition) is 1. The molecule has 18 heavy (non-hydrogen) atoms. The van der Waals surface area contributed by atoms with Crippen LogP contribution in [0.2, 0.25) is 0 Å². The summed E-state index contributed by atoms with van der Waals surface area (Å²) >= 11 is 0. The molecule has 0 radical (unpaired) electrons. The largest absolute Gasteiger partial charge is 0.471 e. The van der Waals surface area contributed by atoms with Gasteiger partial charge in [0.1, 0.15) is 0 Å². The highest BCUT2D eigenvalue weighted by molar-refractivity contribution is 7.88. The highest BCUT2D eigenvalue weighted by Crippen LogP contribution is 2.23. The second-order valence-corrected chi connectivity index (χ2v) is 6.19. The molecule has 1 rings (SSSR count). The molecule has 0 aromatic rings. The normalized spacial score (nSPS) is 19.0. The second kappa shape index (κ2) is 5.43. The Bertz CT molecular complexity index is 400. The number of carbonyl (C=O) groups excluding carboxylic acids is 1.